The lowest BCUT2D eigenvalue weighted by Gasteiger charge is -1.95. The standard InChI is InChI=1S/C10H9FOS/c11-8-1-2-10-9(5-8)7(3-4-12)6-13-10/h1-2,5-6,12H,3-4H2. The zero-order valence-corrected chi connectivity index (χ0v) is 7.77. The molecule has 0 saturated heterocycles. The van der Waals surface area contributed by atoms with E-state index in [1.807, 2.05) is 5.38 Å². The van der Waals surface area contributed by atoms with Crippen LogP contribution in [0.5, 0.6) is 0 Å². The Balaban J connectivity index is 2.58. The number of fused-ring (bicyclic) bond motifs is 1. The molecule has 0 aliphatic rings. The van der Waals surface area contributed by atoms with Crippen LogP contribution in [0.3, 0.4) is 0 Å². The normalized spacial score (nSPS) is 10.9. The zero-order chi connectivity index (χ0) is 9.26. The van der Waals surface area contributed by atoms with Crippen molar-refractivity contribution in [2.24, 2.45) is 0 Å². The first kappa shape index (κ1) is 8.66. The van der Waals surface area contributed by atoms with E-state index in [-0.39, 0.29) is 12.4 Å². The van der Waals surface area contributed by atoms with E-state index in [1.165, 1.54) is 12.1 Å². The molecule has 2 rings (SSSR count). The van der Waals surface area contributed by atoms with Crippen molar-refractivity contribution in [3.05, 3.63) is 35.0 Å². The molecule has 0 aliphatic carbocycles. The largest absolute Gasteiger partial charge is 0.396 e. The Labute approximate surface area is 79.4 Å². The molecule has 0 amide bonds. The Morgan fingerprint density at radius 3 is 3.00 bits per heavy atom. The minimum atomic E-state index is -0.218. The maximum atomic E-state index is 12.9. The highest BCUT2D eigenvalue weighted by Gasteiger charge is 2.03. The topological polar surface area (TPSA) is 20.2 Å². The smallest absolute Gasteiger partial charge is 0.123 e. The second kappa shape index (κ2) is 3.44. The number of hydrogen-bond donors (Lipinski definition) is 1. The summed E-state index contributed by atoms with van der Waals surface area (Å²) in [7, 11) is 0. The van der Waals surface area contributed by atoms with Gasteiger partial charge >= 0.3 is 0 Å². The van der Waals surface area contributed by atoms with E-state index in [4.69, 9.17) is 5.11 Å². The molecule has 1 aromatic carbocycles. The molecule has 68 valence electrons. The summed E-state index contributed by atoms with van der Waals surface area (Å²) in [5.74, 6) is -0.218. The van der Waals surface area contributed by atoms with Crippen LogP contribution in [-0.4, -0.2) is 11.7 Å². The molecular formula is C10H9FOS. The van der Waals surface area contributed by atoms with Crippen molar-refractivity contribution in [1.82, 2.24) is 0 Å². The molecule has 0 aliphatic heterocycles. The first-order chi connectivity index (χ1) is 6.31. The summed E-state index contributed by atoms with van der Waals surface area (Å²) >= 11 is 1.58. The summed E-state index contributed by atoms with van der Waals surface area (Å²) in [6.07, 6.45) is 0.601. The molecular weight excluding hydrogens is 187 g/mol. The first-order valence-corrected chi connectivity index (χ1v) is 4.95. The van der Waals surface area contributed by atoms with Gasteiger partial charge in [0, 0.05) is 11.3 Å². The SMILES string of the molecule is OCCc1csc2ccc(F)cc12. The second-order valence-corrected chi connectivity index (χ2v) is 3.79. The second-order valence-electron chi connectivity index (χ2n) is 2.88. The molecule has 0 bridgehead atoms. The predicted octanol–water partition coefficient (Wildman–Crippen LogP) is 2.58. The Morgan fingerprint density at radius 1 is 1.38 bits per heavy atom. The van der Waals surface area contributed by atoms with Crippen molar-refractivity contribution in [3.63, 3.8) is 0 Å². The van der Waals surface area contributed by atoms with Crippen molar-refractivity contribution in [3.8, 4) is 0 Å². The zero-order valence-electron chi connectivity index (χ0n) is 6.96. The van der Waals surface area contributed by atoms with Crippen LogP contribution in [0.2, 0.25) is 0 Å². The van der Waals surface area contributed by atoms with Gasteiger partial charge in [0.15, 0.2) is 0 Å². The van der Waals surface area contributed by atoms with Gasteiger partial charge in [-0.15, -0.1) is 11.3 Å². The Kier molecular flexibility index (Phi) is 2.29. The third-order valence-electron chi connectivity index (χ3n) is 2.00. The number of thiophene rings is 1. The maximum Gasteiger partial charge on any atom is 0.123 e. The van der Waals surface area contributed by atoms with Gasteiger partial charge in [-0.1, -0.05) is 0 Å². The van der Waals surface area contributed by atoms with Crippen molar-refractivity contribution >= 4 is 21.4 Å². The summed E-state index contributed by atoms with van der Waals surface area (Å²) in [5.41, 5.74) is 1.03. The van der Waals surface area contributed by atoms with E-state index < -0.39 is 0 Å². The molecule has 0 fully saturated rings. The van der Waals surface area contributed by atoms with E-state index in [1.54, 1.807) is 17.4 Å². The summed E-state index contributed by atoms with van der Waals surface area (Å²) in [6.45, 7) is 0.113. The number of rotatable bonds is 2. The number of halogens is 1. The van der Waals surface area contributed by atoms with Gasteiger partial charge in [-0.25, -0.2) is 4.39 Å². The fraction of sp³-hybridized carbons (Fsp3) is 0.200. The van der Waals surface area contributed by atoms with Crippen LogP contribution in [0.25, 0.3) is 10.1 Å². The van der Waals surface area contributed by atoms with E-state index >= 15 is 0 Å². The van der Waals surface area contributed by atoms with E-state index in [0.717, 1.165) is 15.6 Å². The van der Waals surface area contributed by atoms with Gasteiger partial charge in [0.25, 0.3) is 0 Å². The lowest BCUT2D eigenvalue weighted by Crippen LogP contribution is -1.88. The van der Waals surface area contributed by atoms with Crippen LogP contribution in [0.15, 0.2) is 23.6 Å². The van der Waals surface area contributed by atoms with Gasteiger partial charge in [-0.2, -0.15) is 0 Å². The van der Waals surface area contributed by atoms with Crippen LogP contribution >= 0.6 is 11.3 Å². The highest BCUT2D eigenvalue weighted by atomic mass is 32.1. The third-order valence-corrected chi connectivity index (χ3v) is 3.01. The molecule has 1 heterocycles. The van der Waals surface area contributed by atoms with Crippen LogP contribution in [0.4, 0.5) is 4.39 Å². The van der Waals surface area contributed by atoms with Crippen LogP contribution in [0.1, 0.15) is 5.56 Å². The third kappa shape index (κ3) is 1.57. The van der Waals surface area contributed by atoms with Gasteiger partial charge in [0.1, 0.15) is 5.82 Å². The van der Waals surface area contributed by atoms with Gasteiger partial charge < -0.3 is 5.11 Å². The Morgan fingerprint density at radius 2 is 2.23 bits per heavy atom. The summed E-state index contributed by atoms with van der Waals surface area (Å²) < 4.78 is 14.0. The van der Waals surface area contributed by atoms with E-state index in [9.17, 15) is 4.39 Å². The fourth-order valence-corrected chi connectivity index (χ4v) is 2.35. The lowest BCUT2D eigenvalue weighted by atomic mass is 10.1. The quantitative estimate of drug-likeness (QED) is 0.782. The molecule has 13 heavy (non-hydrogen) atoms. The number of aliphatic hydroxyl groups excluding tert-OH is 1. The molecule has 0 radical (unpaired) electrons. The van der Waals surface area contributed by atoms with Crippen LogP contribution in [0, 0.1) is 5.82 Å². The van der Waals surface area contributed by atoms with Crippen LogP contribution in [-0.2, 0) is 6.42 Å². The first-order valence-electron chi connectivity index (χ1n) is 4.08. The number of benzene rings is 1. The van der Waals surface area contributed by atoms with Crippen LogP contribution < -0.4 is 0 Å². The molecule has 1 N–H and O–H groups in total. The van der Waals surface area contributed by atoms with Crippen molar-refractivity contribution in [1.29, 1.82) is 0 Å². The molecule has 2 aromatic rings. The van der Waals surface area contributed by atoms with E-state index in [0.29, 0.717) is 6.42 Å². The highest BCUT2D eigenvalue weighted by Crippen LogP contribution is 2.26. The fourth-order valence-electron chi connectivity index (χ4n) is 1.37. The van der Waals surface area contributed by atoms with Gasteiger partial charge in [0.05, 0.1) is 0 Å². The molecule has 0 saturated carbocycles. The molecule has 0 atom stereocenters. The average Bonchev–Trinajstić information content (AvgIpc) is 2.49. The summed E-state index contributed by atoms with van der Waals surface area (Å²) in [6, 6.07) is 4.76. The van der Waals surface area contributed by atoms with E-state index in [2.05, 4.69) is 0 Å². The van der Waals surface area contributed by atoms with Gasteiger partial charge in [-0.05, 0) is 40.9 Å². The highest BCUT2D eigenvalue weighted by molar-refractivity contribution is 7.17. The Hall–Kier alpha value is -0.930. The van der Waals surface area contributed by atoms with Gasteiger partial charge in [-0.3, -0.25) is 0 Å². The minimum Gasteiger partial charge on any atom is -0.396 e. The van der Waals surface area contributed by atoms with Crippen molar-refractivity contribution in [2.45, 2.75) is 6.42 Å². The molecule has 1 aromatic heterocycles. The molecule has 3 heteroatoms. The van der Waals surface area contributed by atoms with Crippen molar-refractivity contribution < 1.29 is 9.50 Å². The number of aliphatic hydroxyl groups is 1. The maximum absolute atomic E-state index is 12.9. The Bertz CT molecular complexity index is 422. The molecule has 0 spiro atoms. The van der Waals surface area contributed by atoms with Crippen molar-refractivity contribution in [2.75, 3.05) is 6.61 Å². The molecule has 0 unspecified atom stereocenters. The summed E-state index contributed by atoms with van der Waals surface area (Å²) in [4.78, 5) is 0. The minimum absolute atomic E-state index is 0.113. The molecule has 1 nitrogen and oxygen atoms in total. The summed E-state index contributed by atoms with van der Waals surface area (Å²) in [5, 5.41) is 11.7. The average molecular weight is 196 g/mol. The predicted molar refractivity (Wildman–Crippen MR) is 52.6 cm³/mol. The lowest BCUT2D eigenvalue weighted by molar-refractivity contribution is 0.300. The van der Waals surface area contributed by atoms with Gasteiger partial charge in [0.2, 0.25) is 0 Å². The number of hydrogen-bond acceptors (Lipinski definition) is 2. The monoisotopic (exact) mass is 196 g/mol.